The quantitative estimate of drug-likeness (QED) is 0.894. The van der Waals surface area contributed by atoms with Crippen LogP contribution in [0.25, 0.3) is 0 Å². The van der Waals surface area contributed by atoms with Crippen molar-refractivity contribution in [3.05, 3.63) is 23.3 Å². The van der Waals surface area contributed by atoms with Gasteiger partial charge in [-0.3, -0.25) is 4.79 Å². The summed E-state index contributed by atoms with van der Waals surface area (Å²) >= 11 is 0. The summed E-state index contributed by atoms with van der Waals surface area (Å²) < 4.78 is 32.8. The molecule has 2 aliphatic heterocycles. The first-order valence-corrected chi connectivity index (χ1v) is 9.19. The molecule has 2 aliphatic rings. The first-order chi connectivity index (χ1) is 10.8. The van der Waals surface area contributed by atoms with Crippen LogP contribution in [0.1, 0.15) is 17.5 Å². The molecule has 2 atom stereocenters. The molecular formula is C16H22N2O4S. The molecule has 7 heteroatoms. The maximum Gasteiger partial charge on any atom is 0.243 e. The molecule has 0 saturated carbocycles. The third-order valence-corrected chi connectivity index (χ3v) is 6.84. The van der Waals surface area contributed by atoms with Gasteiger partial charge in [0.1, 0.15) is 5.75 Å². The van der Waals surface area contributed by atoms with Crippen LogP contribution >= 0.6 is 0 Å². The van der Waals surface area contributed by atoms with Gasteiger partial charge < -0.3 is 10.1 Å². The molecule has 1 amide bonds. The molecule has 0 unspecified atom stereocenters. The first-order valence-electron chi connectivity index (χ1n) is 7.75. The lowest BCUT2D eigenvalue weighted by atomic mass is 9.89. The highest BCUT2D eigenvalue weighted by Gasteiger charge is 2.42. The van der Waals surface area contributed by atoms with Crippen molar-refractivity contribution < 1.29 is 17.9 Å². The van der Waals surface area contributed by atoms with E-state index >= 15 is 0 Å². The van der Waals surface area contributed by atoms with Gasteiger partial charge in [-0.05, 0) is 36.8 Å². The van der Waals surface area contributed by atoms with E-state index in [0.29, 0.717) is 37.4 Å². The van der Waals surface area contributed by atoms with Gasteiger partial charge in [0.25, 0.3) is 0 Å². The number of amides is 1. The van der Waals surface area contributed by atoms with Gasteiger partial charge in [-0.1, -0.05) is 6.07 Å². The van der Waals surface area contributed by atoms with Crippen molar-refractivity contribution in [2.75, 3.05) is 26.7 Å². The van der Waals surface area contributed by atoms with E-state index in [-0.39, 0.29) is 22.6 Å². The number of sulfonamides is 1. The topological polar surface area (TPSA) is 75.7 Å². The molecule has 0 spiro atoms. The van der Waals surface area contributed by atoms with Gasteiger partial charge in [0.05, 0.1) is 12.0 Å². The molecule has 3 rings (SSSR count). The van der Waals surface area contributed by atoms with Crippen LogP contribution in [-0.2, 0) is 14.8 Å². The van der Waals surface area contributed by atoms with Crippen LogP contribution in [0.3, 0.4) is 0 Å². The van der Waals surface area contributed by atoms with E-state index in [2.05, 4.69) is 5.32 Å². The number of fused-ring (bicyclic) bond motifs is 1. The Bertz CT molecular complexity index is 745. The van der Waals surface area contributed by atoms with Crippen LogP contribution in [0.15, 0.2) is 17.0 Å². The third-order valence-electron chi connectivity index (χ3n) is 4.86. The minimum Gasteiger partial charge on any atom is -0.496 e. The van der Waals surface area contributed by atoms with E-state index in [4.69, 9.17) is 4.74 Å². The van der Waals surface area contributed by atoms with Crippen LogP contribution in [0.2, 0.25) is 0 Å². The number of methoxy groups -OCH3 is 1. The average molecular weight is 338 g/mol. The minimum atomic E-state index is -3.58. The number of carbonyl (C=O) groups is 1. The standard InChI is InChI=1S/C16H22N2O4S/c1-10-4-11(2)15(6-14(10)22-3)23(20,21)18-8-12-5-16(19)17-7-13(12)9-18/h4,6,12-13H,5,7-9H2,1-3H3,(H,17,19)/t12-,13+/m1/s1. The molecule has 1 aromatic rings. The smallest absolute Gasteiger partial charge is 0.243 e. The van der Waals surface area contributed by atoms with Crippen molar-refractivity contribution in [3.8, 4) is 5.75 Å². The van der Waals surface area contributed by atoms with Crippen molar-refractivity contribution in [2.24, 2.45) is 11.8 Å². The second kappa shape index (κ2) is 5.79. The Hall–Kier alpha value is -1.60. The zero-order chi connectivity index (χ0) is 16.8. The molecule has 0 aliphatic carbocycles. The van der Waals surface area contributed by atoms with E-state index in [1.807, 2.05) is 13.0 Å². The molecule has 6 nitrogen and oxygen atoms in total. The summed E-state index contributed by atoms with van der Waals surface area (Å²) in [5, 5.41) is 2.82. The Kier molecular flexibility index (Phi) is 4.10. The second-order valence-corrected chi connectivity index (χ2v) is 8.34. The number of hydrogen-bond acceptors (Lipinski definition) is 4. The number of benzene rings is 1. The molecule has 1 N–H and O–H groups in total. The van der Waals surface area contributed by atoms with Crippen molar-refractivity contribution in [1.29, 1.82) is 0 Å². The van der Waals surface area contributed by atoms with Gasteiger partial charge in [0, 0.05) is 32.1 Å². The number of nitrogens with one attached hydrogen (secondary N) is 1. The van der Waals surface area contributed by atoms with Crippen molar-refractivity contribution in [3.63, 3.8) is 0 Å². The molecule has 2 saturated heterocycles. The summed E-state index contributed by atoms with van der Waals surface area (Å²) in [6.07, 6.45) is 0.410. The first kappa shape index (κ1) is 16.3. The predicted molar refractivity (Wildman–Crippen MR) is 85.8 cm³/mol. The predicted octanol–water partition coefficient (Wildman–Crippen LogP) is 1.07. The van der Waals surface area contributed by atoms with E-state index in [9.17, 15) is 13.2 Å². The number of ether oxygens (including phenoxy) is 1. The Morgan fingerprint density at radius 1 is 1.17 bits per heavy atom. The van der Waals surface area contributed by atoms with Crippen LogP contribution in [0.4, 0.5) is 0 Å². The number of rotatable bonds is 3. The Balaban J connectivity index is 1.92. The van der Waals surface area contributed by atoms with E-state index < -0.39 is 10.0 Å². The highest BCUT2D eigenvalue weighted by molar-refractivity contribution is 7.89. The molecule has 0 radical (unpaired) electrons. The highest BCUT2D eigenvalue weighted by atomic mass is 32.2. The van der Waals surface area contributed by atoms with Gasteiger partial charge in [-0.25, -0.2) is 8.42 Å². The van der Waals surface area contributed by atoms with Crippen LogP contribution in [0, 0.1) is 25.7 Å². The van der Waals surface area contributed by atoms with Gasteiger partial charge in [-0.15, -0.1) is 0 Å². The normalized spacial score (nSPS) is 25.1. The van der Waals surface area contributed by atoms with Crippen molar-refractivity contribution in [2.45, 2.75) is 25.2 Å². The summed E-state index contributed by atoms with van der Waals surface area (Å²) in [6.45, 7) is 5.13. The Morgan fingerprint density at radius 2 is 1.87 bits per heavy atom. The number of nitrogens with zero attached hydrogens (tertiary/aromatic N) is 1. The summed E-state index contributed by atoms with van der Waals surface area (Å²) in [7, 11) is -2.04. The van der Waals surface area contributed by atoms with E-state index in [0.717, 1.165) is 5.56 Å². The van der Waals surface area contributed by atoms with Gasteiger partial charge in [0.15, 0.2) is 0 Å². The number of piperidine rings is 1. The molecule has 126 valence electrons. The lowest BCUT2D eigenvalue weighted by Gasteiger charge is -2.23. The monoisotopic (exact) mass is 338 g/mol. The Labute approximate surface area is 136 Å². The van der Waals surface area contributed by atoms with Crippen LogP contribution in [0.5, 0.6) is 5.75 Å². The van der Waals surface area contributed by atoms with Crippen LogP contribution in [-0.4, -0.2) is 45.4 Å². The number of hydrogen-bond donors (Lipinski definition) is 1. The molecule has 23 heavy (non-hydrogen) atoms. The summed E-state index contributed by atoms with van der Waals surface area (Å²) in [5.41, 5.74) is 1.63. The SMILES string of the molecule is COc1cc(S(=O)(=O)N2C[C@H]3CC(=O)NC[C@H]3C2)c(C)cc1C. The van der Waals surface area contributed by atoms with E-state index in [1.165, 1.54) is 11.4 Å². The third kappa shape index (κ3) is 2.83. The minimum absolute atomic E-state index is 0.0127. The van der Waals surface area contributed by atoms with Crippen molar-refractivity contribution >= 4 is 15.9 Å². The fourth-order valence-corrected chi connectivity index (χ4v) is 5.34. The molecule has 2 heterocycles. The van der Waals surface area contributed by atoms with Crippen LogP contribution < -0.4 is 10.1 Å². The average Bonchev–Trinajstić information content (AvgIpc) is 2.91. The molecular weight excluding hydrogens is 316 g/mol. The molecule has 1 aromatic carbocycles. The number of carbonyl (C=O) groups excluding carboxylic acids is 1. The fraction of sp³-hybridized carbons (Fsp3) is 0.562. The maximum absolute atomic E-state index is 13.0. The summed E-state index contributed by atoms with van der Waals surface area (Å²) in [6, 6.07) is 3.44. The van der Waals surface area contributed by atoms with E-state index in [1.54, 1.807) is 13.0 Å². The largest absolute Gasteiger partial charge is 0.496 e. The summed E-state index contributed by atoms with van der Waals surface area (Å²) in [4.78, 5) is 11.8. The number of aryl methyl sites for hydroxylation is 2. The molecule has 0 bridgehead atoms. The zero-order valence-corrected chi connectivity index (χ0v) is 14.4. The second-order valence-electron chi connectivity index (χ2n) is 6.44. The summed E-state index contributed by atoms with van der Waals surface area (Å²) in [5.74, 6) is 0.905. The maximum atomic E-state index is 13.0. The highest BCUT2D eigenvalue weighted by Crippen LogP contribution is 2.34. The van der Waals surface area contributed by atoms with Gasteiger partial charge >= 0.3 is 0 Å². The van der Waals surface area contributed by atoms with Gasteiger partial charge in [-0.2, -0.15) is 4.31 Å². The molecule has 0 aromatic heterocycles. The van der Waals surface area contributed by atoms with Crippen molar-refractivity contribution in [1.82, 2.24) is 9.62 Å². The Morgan fingerprint density at radius 3 is 2.57 bits per heavy atom. The fourth-order valence-electron chi connectivity index (χ4n) is 3.56. The zero-order valence-electron chi connectivity index (χ0n) is 13.6. The lowest BCUT2D eigenvalue weighted by molar-refractivity contribution is -0.124. The molecule has 2 fully saturated rings. The lowest BCUT2D eigenvalue weighted by Crippen LogP contribution is -2.40. The van der Waals surface area contributed by atoms with Gasteiger partial charge in [0.2, 0.25) is 15.9 Å².